The zero-order valence-corrected chi connectivity index (χ0v) is 12.5. The molecule has 0 aliphatic heterocycles. The van der Waals surface area contributed by atoms with Gasteiger partial charge >= 0.3 is 0 Å². The van der Waals surface area contributed by atoms with Crippen LogP contribution in [-0.4, -0.2) is 30.9 Å². The van der Waals surface area contributed by atoms with Gasteiger partial charge in [-0.15, -0.1) is 0 Å². The van der Waals surface area contributed by atoms with Crippen molar-refractivity contribution < 1.29 is 14.2 Å². The molecule has 0 fully saturated rings. The maximum Gasteiger partial charge on any atom is 0.275 e. The van der Waals surface area contributed by atoms with Crippen LogP contribution in [0.2, 0.25) is 0 Å². The van der Waals surface area contributed by atoms with E-state index in [1.807, 2.05) is 0 Å². The number of hydrogen-bond acceptors (Lipinski definition) is 4. The molecule has 0 atom stereocenters. The van der Waals surface area contributed by atoms with Gasteiger partial charge in [-0.2, -0.15) is 0 Å². The zero-order chi connectivity index (χ0) is 15.6. The molecular formula is C15H18N2O4. The lowest BCUT2D eigenvalue weighted by molar-refractivity contribution is 0.324. The molecule has 6 heteroatoms. The fourth-order valence-corrected chi connectivity index (χ4v) is 2.05. The van der Waals surface area contributed by atoms with E-state index in [1.54, 1.807) is 46.6 Å². The summed E-state index contributed by atoms with van der Waals surface area (Å²) in [5, 5.41) is 0.441. The van der Waals surface area contributed by atoms with Gasteiger partial charge in [0.25, 0.3) is 5.56 Å². The maximum absolute atomic E-state index is 12.0. The molecule has 0 spiro atoms. The molecule has 1 aromatic heterocycles. The Bertz CT molecular complexity index is 792. The quantitative estimate of drug-likeness (QED) is 0.859. The van der Waals surface area contributed by atoms with E-state index < -0.39 is 0 Å². The van der Waals surface area contributed by atoms with Crippen LogP contribution in [0.15, 0.2) is 16.9 Å². The van der Waals surface area contributed by atoms with E-state index in [2.05, 4.69) is 11.6 Å². The summed E-state index contributed by atoms with van der Waals surface area (Å²) in [5.41, 5.74) is 1.15. The Morgan fingerprint density at radius 3 is 2.10 bits per heavy atom. The van der Waals surface area contributed by atoms with Crippen LogP contribution in [0.3, 0.4) is 0 Å². The van der Waals surface area contributed by atoms with E-state index in [0.717, 1.165) is 5.56 Å². The van der Waals surface area contributed by atoms with E-state index in [9.17, 15) is 4.79 Å². The zero-order valence-electron chi connectivity index (χ0n) is 12.5. The molecule has 2 aromatic rings. The van der Waals surface area contributed by atoms with E-state index in [-0.39, 0.29) is 5.56 Å². The second kappa shape index (κ2) is 5.78. The first-order chi connectivity index (χ1) is 10.0. The first-order valence-electron chi connectivity index (χ1n) is 6.27. The molecular weight excluding hydrogens is 272 g/mol. The largest absolute Gasteiger partial charge is 0.493 e. The second-order valence-corrected chi connectivity index (χ2v) is 4.45. The van der Waals surface area contributed by atoms with E-state index >= 15 is 0 Å². The van der Waals surface area contributed by atoms with E-state index in [0.29, 0.717) is 28.1 Å². The maximum atomic E-state index is 12.0. The minimum atomic E-state index is -0.145. The molecule has 0 saturated carbocycles. The summed E-state index contributed by atoms with van der Waals surface area (Å²) in [5.74, 6) is 1.57. The van der Waals surface area contributed by atoms with Crippen LogP contribution in [-0.2, 0) is 7.05 Å². The number of nitrogens with zero attached hydrogens (tertiary/aromatic N) is 1. The lowest BCUT2D eigenvalue weighted by Crippen LogP contribution is -2.28. The summed E-state index contributed by atoms with van der Waals surface area (Å²) < 4.78 is 17.3. The summed E-state index contributed by atoms with van der Waals surface area (Å²) in [7, 11) is 6.29. The summed E-state index contributed by atoms with van der Waals surface area (Å²) in [6.45, 7) is 3.76. The predicted molar refractivity (Wildman–Crippen MR) is 80.5 cm³/mol. The number of imidazole rings is 1. The monoisotopic (exact) mass is 290 g/mol. The first kappa shape index (κ1) is 14.8. The number of H-pyrrole nitrogens is 1. The molecule has 6 nitrogen and oxygen atoms in total. The number of methoxy groups -OCH3 is 3. The van der Waals surface area contributed by atoms with Gasteiger partial charge < -0.3 is 19.2 Å². The molecule has 0 aliphatic rings. The predicted octanol–water partition coefficient (Wildman–Crippen LogP) is -0.0217. The molecule has 2 rings (SSSR count). The summed E-state index contributed by atoms with van der Waals surface area (Å²) in [6, 6.07) is 3.54. The average molecular weight is 290 g/mol. The number of aromatic nitrogens is 2. The minimum Gasteiger partial charge on any atom is -0.493 e. The lowest BCUT2D eigenvalue weighted by Gasteiger charge is -2.12. The minimum absolute atomic E-state index is 0.145. The van der Waals surface area contributed by atoms with Gasteiger partial charge in [0.05, 0.1) is 21.3 Å². The van der Waals surface area contributed by atoms with Crippen molar-refractivity contribution >= 4 is 12.7 Å². The Kier molecular flexibility index (Phi) is 4.07. The number of ether oxygens (including phenoxy) is 3. The normalized spacial score (nSPS) is 11.5. The molecule has 0 unspecified atom stereocenters. The van der Waals surface area contributed by atoms with Crippen LogP contribution in [0.4, 0.5) is 0 Å². The molecule has 1 aromatic carbocycles. The first-order valence-corrected chi connectivity index (χ1v) is 6.27. The van der Waals surface area contributed by atoms with Crippen LogP contribution in [0.25, 0.3) is 12.7 Å². The van der Waals surface area contributed by atoms with Crippen LogP contribution < -0.4 is 30.6 Å². The van der Waals surface area contributed by atoms with Gasteiger partial charge in [0.1, 0.15) is 10.8 Å². The Labute approximate surface area is 121 Å². The van der Waals surface area contributed by atoms with Crippen molar-refractivity contribution in [3.8, 4) is 17.2 Å². The van der Waals surface area contributed by atoms with Crippen LogP contribution >= 0.6 is 0 Å². The highest BCUT2D eigenvalue weighted by atomic mass is 16.5. The third-order valence-corrected chi connectivity index (χ3v) is 3.22. The van der Waals surface area contributed by atoms with Crippen molar-refractivity contribution in [1.29, 1.82) is 0 Å². The summed E-state index contributed by atoms with van der Waals surface area (Å²) in [4.78, 5) is 14.9. The highest BCUT2D eigenvalue weighted by Gasteiger charge is 2.12. The van der Waals surface area contributed by atoms with Crippen molar-refractivity contribution in [3.63, 3.8) is 0 Å². The van der Waals surface area contributed by atoms with Gasteiger partial charge in [-0.3, -0.25) is 9.36 Å². The molecule has 1 N–H and O–H groups in total. The van der Waals surface area contributed by atoms with Crippen LogP contribution in [0.5, 0.6) is 17.2 Å². The Hall–Kier alpha value is -2.63. The number of hydrogen-bond donors (Lipinski definition) is 1. The Balaban J connectivity index is 2.67. The van der Waals surface area contributed by atoms with Crippen molar-refractivity contribution in [2.45, 2.75) is 0 Å². The third-order valence-electron chi connectivity index (χ3n) is 3.22. The van der Waals surface area contributed by atoms with Crippen molar-refractivity contribution in [1.82, 2.24) is 9.55 Å². The molecule has 0 amide bonds. The third kappa shape index (κ3) is 2.65. The molecule has 0 saturated heterocycles. The van der Waals surface area contributed by atoms with E-state index in [4.69, 9.17) is 14.2 Å². The highest BCUT2D eigenvalue weighted by molar-refractivity contribution is 5.61. The lowest BCUT2D eigenvalue weighted by atomic mass is 10.1. The SMILES string of the molecule is C=c1[nH]c(=Cc2cc(OC)c(OC)c(OC)c2)c(=O)n1C. The summed E-state index contributed by atoms with van der Waals surface area (Å²) in [6.07, 6.45) is 1.71. The molecule has 1 heterocycles. The van der Waals surface area contributed by atoms with Crippen LogP contribution in [0, 0.1) is 0 Å². The number of rotatable bonds is 4. The Morgan fingerprint density at radius 2 is 1.71 bits per heavy atom. The number of nitrogens with one attached hydrogen (secondary N) is 1. The van der Waals surface area contributed by atoms with Crippen LogP contribution in [0.1, 0.15) is 5.56 Å². The van der Waals surface area contributed by atoms with Gasteiger partial charge in [0.15, 0.2) is 11.5 Å². The van der Waals surface area contributed by atoms with Gasteiger partial charge in [0.2, 0.25) is 5.75 Å². The van der Waals surface area contributed by atoms with E-state index in [1.165, 1.54) is 4.57 Å². The van der Waals surface area contributed by atoms with Crippen molar-refractivity contribution in [2.24, 2.45) is 7.05 Å². The fraction of sp³-hybridized carbons (Fsp3) is 0.267. The molecule has 0 bridgehead atoms. The van der Waals surface area contributed by atoms with Gasteiger partial charge in [0, 0.05) is 7.05 Å². The van der Waals surface area contributed by atoms with Gasteiger partial charge in [-0.1, -0.05) is 6.58 Å². The van der Waals surface area contributed by atoms with Crippen molar-refractivity contribution in [2.75, 3.05) is 21.3 Å². The average Bonchev–Trinajstić information content (AvgIpc) is 2.73. The smallest absolute Gasteiger partial charge is 0.275 e. The standard InChI is InChI=1S/C15H18N2O4/c1-9-16-11(15(18)17(9)2)6-10-7-12(19-3)14(21-5)13(8-10)20-4/h6-8,16H,1H2,2-5H3. The molecule has 21 heavy (non-hydrogen) atoms. The number of aromatic amines is 1. The molecule has 0 aliphatic carbocycles. The fourth-order valence-electron chi connectivity index (χ4n) is 2.05. The summed E-state index contributed by atoms with van der Waals surface area (Å²) >= 11 is 0. The molecule has 112 valence electrons. The second-order valence-electron chi connectivity index (χ2n) is 4.45. The van der Waals surface area contributed by atoms with Gasteiger partial charge in [-0.25, -0.2) is 0 Å². The van der Waals surface area contributed by atoms with Gasteiger partial charge in [-0.05, 0) is 23.8 Å². The Morgan fingerprint density at radius 1 is 1.14 bits per heavy atom. The molecule has 0 radical (unpaired) electrons. The highest BCUT2D eigenvalue weighted by Crippen LogP contribution is 2.38. The number of benzene rings is 1. The topological polar surface area (TPSA) is 65.5 Å². The van der Waals surface area contributed by atoms with Crippen molar-refractivity contribution in [3.05, 3.63) is 38.9 Å².